The summed E-state index contributed by atoms with van der Waals surface area (Å²) in [5.74, 6) is -1.25. The average molecular weight is 353 g/mol. The summed E-state index contributed by atoms with van der Waals surface area (Å²) in [5.41, 5.74) is 2.04. The van der Waals surface area contributed by atoms with E-state index in [-0.39, 0.29) is 5.91 Å². The zero-order chi connectivity index (χ0) is 18.9. The van der Waals surface area contributed by atoms with Gasteiger partial charge in [-0.1, -0.05) is 18.2 Å². The first kappa shape index (κ1) is 18.9. The monoisotopic (exact) mass is 353 g/mol. The Hall–Kier alpha value is -3.41. The Bertz CT molecular complexity index is 824. The average Bonchev–Trinajstić information content (AvgIpc) is 2.67. The van der Waals surface area contributed by atoms with Gasteiger partial charge in [0.25, 0.3) is 5.91 Å². The second-order valence-corrected chi connectivity index (χ2v) is 5.23. The quantitative estimate of drug-likeness (QED) is 0.636. The maximum absolute atomic E-state index is 12.3. The van der Waals surface area contributed by atoms with Crippen LogP contribution in [0.25, 0.3) is 6.08 Å². The molecule has 1 N–H and O–H groups in total. The summed E-state index contributed by atoms with van der Waals surface area (Å²) < 4.78 is 9.46. The molecule has 6 nitrogen and oxygen atoms in total. The molecule has 0 aromatic heterocycles. The van der Waals surface area contributed by atoms with Crippen LogP contribution in [-0.4, -0.2) is 31.6 Å². The molecule has 0 aliphatic carbocycles. The molecule has 1 amide bonds. The zero-order valence-corrected chi connectivity index (χ0v) is 14.5. The lowest BCUT2D eigenvalue weighted by molar-refractivity contribution is -0.137. The van der Waals surface area contributed by atoms with Crippen molar-refractivity contribution in [2.75, 3.05) is 19.0 Å². The van der Waals surface area contributed by atoms with Crippen molar-refractivity contribution in [1.29, 1.82) is 0 Å². The zero-order valence-electron chi connectivity index (χ0n) is 14.5. The number of hydrogen-bond acceptors (Lipinski definition) is 5. The number of ether oxygens (including phenoxy) is 2. The molecule has 0 saturated carbocycles. The first-order chi connectivity index (χ1) is 12.5. The van der Waals surface area contributed by atoms with Crippen LogP contribution in [0.2, 0.25) is 0 Å². The van der Waals surface area contributed by atoms with Crippen LogP contribution in [0.5, 0.6) is 0 Å². The summed E-state index contributed by atoms with van der Waals surface area (Å²) in [6, 6.07) is 13.2. The molecule has 0 aliphatic heterocycles. The molecule has 26 heavy (non-hydrogen) atoms. The van der Waals surface area contributed by atoms with Gasteiger partial charge in [0.15, 0.2) is 0 Å². The van der Waals surface area contributed by atoms with Gasteiger partial charge in [-0.2, -0.15) is 0 Å². The van der Waals surface area contributed by atoms with Gasteiger partial charge in [0.1, 0.15) is 0 Å². The van der Waals surface area contributed by atoms with E-state index in [1.807, 2.05) is 0 Å². The van der Waals surface area contributed by atoms with E-state index in [4.69, 9.17) is 4.74 Å². The van der Waals surface area contributed by atoms with E-state index in [9.17, 15) is 14.4 Å². The lowest BCUT2D eigenvalue weighted by atomic mass is 10.1. The molecule has 2 aromatic rings. The molecule has 0 unspecified atom stereocenters. The van der Waals surface area contributed by atoms with Crippen molar-refractivity contribution in [2.24, 2.45) is 0 Å². The fourth-order valence-corrected chi connectivity index (χ4v) is 2.14. The minimum absolute atomic E-state index is 0.305. The number of carbonyl (C=O) groups is 3. The Morgan fingerprint density at radius 3 is 2.38 bits per heavy atom. The molecule has 0 atom stereocenters. The van der Waals surface area contributed by atoms with Crippen LogP contribution in [0, 0.1) is 0 Å². The number of nitrogens with one attached hydrogen (secondary N) is 1. The van der Waals surface area contributed by atoms with Crippen LogP contribution in [0.15, 0.2) is 54.6 Å². The first-order valence-electron chi connectivity index (χ1n) is 7.98. The maximum Gasteiger partial charge on any atom is 0.337 e. The summed E-state index contributed by atoms with van der Waals surface area (Å²) in [4.78, 5) is 35.1. The number of hydrogen-bond donors (Lipinski definition) is 1. The highest BCUT2D eigenvalue weighted by Crippen LogP contribution is 2.14. The number of amides is 1. The van der Waals surface area contributed by atoms with Gasteiger partial charge in [-0.05, 0) is 48.9 Å². The molecular formula is C20H19NO5. The van der Waals surface area contributed by atoms with Gasteiger partial charge in [0.2, 0.25) is 0 Å². The van der Waals surface area contributed by atoms with Gasteiger partial charge in [0, 0.05) is 17.3 Å². The number of carbonyl (C=O) groups excluding carboxylic acids is 3. The van der Waals surface area contributed by atoms with Crippen molar-refractivity contribution in [3.8, 4) is 0 Å². The molecule has 2 aromatic carbocycles. The van der Waals surface area contributed by atoms with E-state index in [0.717, 1.165) is 5.56 Å². The second-order valence-electron chi connectivity index (χ2n) is 5.23. The predicted octanol–water partition coefficient (Wildman–Crippen LogP) is 3.30. The van der Waals surface area contributed by atoms with E-state index < -0.39 is 11.9 Å². The predicted molar refractivity (Wildman–Crippen MR) is 97.8 cm³/mol. The van der Waals surface area contributed by atoms with Crippen LogP contribution in [0.3, 0.4) is 0 Å². The van der Waals surface area contributed by atoms with Gasteiger partial charge in [-0.3, -0.25) is 4.79 Å². The maximum atomic E-state index is 12.3. The van der Waals surface area contributed by atoms with Crippen LogP contribution < -0.4 is 5.32 Å². The van der Waals surface area contributed by atoms with Gasteiger partial charge in [-0.25, -0.2) is 9.59 Å². The van der Waals surface area contributed by atoms with Crippen molar-refractivity contribution < 1.29 is 23.9 Å². The minimum atomic E-state index is -0.502. The summed E-state index contributed by atoms with van der Waals surface area (Å²) in [6.45, 7) is 2.06. The molecule has 0 saturated heterocycles. The SMILES string of the molecule is CCOC(=O)/C=C/c1ccc(NC(=O)c2cccc(C(=O)OC)c2)cc1. The lowest BCUT2D eigenvalue weighted by Gasteiger charge is -2.07. The van der Waals surface area contributed by atoms with Crippen molar-refractivity contribution in [3.05, 3.63) is 71.3 Å². The van der Waals surface area contributed by atoms with E-state index in [1.54, 1.807) is 55.5 Å². The third-order valence-electron chi connectivity index (χ3n) is 3.41. The first-order valence-corrected chi connectivity index (χ1v) is 7.98. The largest absolute Gasteiger partial charge is 0.465 e. The highest BCUT2D eigenvalue weighted by Gasteiger charge is 2.10. The summed E-state index contributed by atoms with van der Waals surface area (Å²) >= 11 is 0. The van der Waals surface area contributed by atoms with Crippen LogP contribution in [0.1, 0.15) is 33.2 Å². The molecule has 2 rings (SSSR count). The Morgan fingerprint density at radius 2 is 1.73 bits per heavy atom. The normalized spacial score (nSPS) is 10.4. The van der Waals surface area contributed by atoms with Crippen molar-refractivity contribution in [2.45, 2.75) is 6.92 Å². The molecular weight excluding hydrogens is 334 g/mol. The Balaban J connectivity index is 2.03. The third kappa shape index (κ3) is 5.31. The molecule has 0 radical (unpaired) electrons. The molecule has 6 heteroatoms. The van der Waals surface area contributed by atoms with Gasteiger partial charge >= 0.3 is 11.9 Å². The Morgan fingerprint density at radius 1 is 1.04 bits per heavy atom. The second kappa shape index (κ2) is 9.17. The topological polar surface area (TPSA) is 81.7 Å². The minimum Gasteiger partial charge on any atom is -0.465 e. The van der Waals surface area contributed by atoms with Crippen LogP contribution >= 0.6 is 0 Å². The molecule has 0 heterocycles. The smallest absolute Gasteiger partial charge is 0.337 e. The summed E-state index contributed by atoms with van der Waals surface area (Å²) in [6.07, 6.45) is 2.97. The van der Waals surface area contributed by atoms with Crippen LogP contribution in [0.4, 0.5) is 5.69 Å². The number of benzene rings is 2. The molecule has 0 fully saturated rings. The van der Waals surface area contributed by atoms with Crippen LogP contribution in [-0.2, 0) is 14.3 Å². The molecule has 0 spiro atoms. The highest BCUT2D eigenvalue weighted by molar-refractivity contribution is 6.05. The fourth-order valence-electron chi connectivity index (χ4n) is 2.14. The molecule has 0 bridgehead atoms. The number of rotatable bonds is 6. The Kier molecular flexibility index (Phi) is 6.68. The van der Waals surface area contributed by atoms with Gasteiger partial charge < -0.3 is 14.8 Å². The van der Waals surface area contributed by atoms with E-state index in [1.165, 1.54) is 19.3 Å². The molecule has 0 aliphatic rings. The summed E-state index contributed by atoms with van der Waals surface area (Å²) in [7, 11) is 1.28. The van der Waals surface area contributed by atoms with Crippen molar-refractivity contribution in [1.82, 2.24) is 0 Å². The van der Waals surface area contributed by atoms with E-state index in [0.29, 0.717) is 23.4 Å². The molecule has 134 valence electrons. The van der Waals surface area contributed by atoms with E-state index >= 15 is 0 Å². The van der Waals surface area contributed by atoms with Gasteiger partial charge in [-0.15, -0.1) is 0 Å². The Labute approximate surface area is 151 Å². The standard InChI is InChI=1S/C20H19NO5/c1-3-26-18(22)12-9-14-7-10-17(11-8-14)21-19(23)15-5-4-6-16(13-15)20(24)25-2/h4-13H,3H2,1-2H3,(H,21,23)/b12-9+. The van der Waals surface area contributed by atoms with Gasteiger partial charge in [0.05, 0.1) is 19.3 Å². The number of methoxy groups -OCH3 is 1. The fraction of sp³-hybridized carbons (Fsp3) is 0.150. The summed E-state index contributed by atoms with van der Waals surface area (Å²) in [5, 5.41) is 2.75. The number of anilines is 1. The van der Waals surface area contributed by atoms with E-state index in [2.05, 4.69) is 10.1 Å². The number of esters is 2. The van der Waals surface area contributed by atoms with Crippen molar-refractivity contribution >= 4 is 29.6 Å². The highest BCUT2D eigenvalue weighted by atomic mass is 16.5. The third-order valence-corrected chi connectivity index (χ3v) is 3.41. The van der Waals surface area contributed by atoms with Crippen molar-refractivity contribution in [3.63, 3.8) is 0 Å². The lowest BCUT2D eigenvalue weighted by Crippen LogP contribution is -2.13.